The van der Waals surface area contributed by atoms with Gasteiger partial charge in [0.1, 0.15) is 0 Å². The third-order valence-corrected chi connectivity index (χ3v) is 25.8. The lowest BCUT2D eigenvalue weighted by Gasteiger charge is -2.52. The first-order valence-electron chi connectivity index (χ1n) is 18.5. The average molecular weight is 786 g/mol. The second-order valence-corrected chi connectivity index (χ2v) is 27.5. The van der Waals surface area contributed by atoms with E-state index in [1.807, 2.05) is 0 Å². The molecule has 0 saturated heterocycles. The minimum atomic E-state index is -2.59. The lowest BCUT2D eigenvalue weighted by Crippen LogP contribution is -2.53. The summed E-state index contributed by atoms with van der Waals surface area (Å²) in [5.41, 5.74) is 7.69. The fourth-order valence-electron chi connectivity index (χ4n) is 8.71. The van der Waals surface area contributed by atoms with Gasteiger partial charge in [-0.15, -0.1) is 0 Å². The van der Waals surface area contributed by atoms with Crippen LogP contribution in [0.3, 0.4) is 0 Å². The van der Waals surface area contributed by atoms with Gasteiger partial charge in [-0.1, -0.05) is 153 Å². The summed E-state index contributed by atoms with van der Waals surface area (Å²) < 4.78 is 0. The van der Waals surface area contributed by atoms with Gasteiger partial charge >= 0.3 is 0 Å². The topological polar surface area (TPSA) is 3.24 Å². The predicted molar refractivity (Wildman–Crippen MR) is 242 cm³/mol. The molecule has 6 aromatic rings. The molecule has 0 spiro atoms. The summed E-state index contributed by atoms with van der Waals surface area (Å²) in [6.45, 7) is 6.81. The molecule has 3 heterocycles. The average Bonchev–Trinajstić information content (AvgIpc) is 3.19. The van der Waals surface area contributed by atoms with E-state index in [-0.39, 0.29) is 0 Å². The van der Waals surface area contributed by atoms with Crippen LogP contribution in [0.25, 0.3) is 0 Å². The molecule has 7 heteroatoms. The molecule has 0 bridgehead atoms. The second kappa shape index (κ2) is 13.1. The Morgan fingerprint density at radius 3 is 1.02 bits per heavy atom. The standard InChI is InChI=1S/C45H42NP3S3/c1-4-6-17-32-27-39-44-41(29-32)49(52,36-23-15-10-16-24-36)42-30-33(18-7-5-2)28-40-45(42)46(44)43-37(47(39,50)34-19-11-8-12-20-34)25-31(3)26-38(43)48(40,51)35-21-13-9-14-22-35/h8-16,19-30H,4-7,17-18H2,1-3H3. The van der Waals surface area contributed by atoms with Gasteiger partial charge in [0.25, 0.3) is 0 Å². The summed E-state index contributed by atoms with van der Waals surface area (Å²) in [4.78, 5) is 2.64. The van der Waals surface area contributed by atoms with Gasteiger partial charge in [-0.3, -0.25) is 0 Å². The zero-order valence-corrected chi connectivity index (χ0v) is 35.0. The second-order valence-electron chi connectivity index (χ2n) is 14.5. The Morgan fingerprint density at radius 2 is 0.731 bits per heavy atom. The molecule has 3 aliphatic heterocycles. The minimum Gasteiger partial charge on any atom is -0.306 e. The maximum atomic E-state index is 7.38. The number of anilines is 3. The molecule has 0 N–H and O–H groups in total. The number of aryl methyl sites for hydroxylation is 3. The van der Waals surface area contributed by atoms with Crippen LogP contribution in [0.1, 0.15) is 56.2 Å². The highest BCUT2D eigenvalue weighted by molar-refractivity contribution is 8.28. The van der Waals surface area contributed by atoms with E-state index >= 15 is 0 Å². The molecule has 0 fully saturated rings. The van der Waals surface area contributed by atoms with Crippen LogP contribution in [0.4, 0.5) is 17.1 Å². The van der Waals surface area contributed by atoms with E-state index < -0.39 is 18.1 Å². The van der Waals surface area contributed by atoms with Crippen molar-refractivity contribution in [3.8, 4) is 0 Å². The fourth-order valence-corrected chi connectivity index (χ4v) is 22.1. The number of benzene rings is 6. The van der Waals surface area contributed by atoms with Crippen molar-refractivity contribution in [3.63, 3.8) is 0 Å². The van der Waals surface area contributed by atoms with Gasteiger partial charge in [0.2, 0.25) is 0 Å². The Balaban J connectivity index is 1.53. The molecule has 52 heavy (non-hydrogen) atoms. The van der Waals surface area contributed by atoms with E-state index in [1.165, 1.54) is 81.5 Å². The number of unbranched alkanes of at least 4 members (excludes halogenated alkanes) is 2. The van der Waals surface area contributed by atoms with Crippen molar-refractivity contribution < 1.29 is 0 Å². The number of rotatable bonds is 9. The van der Waals surface area contributed by atoms with Gasteiger partial charge in [0.15, 0.2) is 0 Å². The van der Waals surface area contributed by atoms with Gasteiger partial charge < -0.3 is 4.90 Å². The molecular formula is C45H42NP3S3. The summed E-state index contributed by atoms with van der Waals surface area (Å²) >= 11 is 22.0. The molecule has 1 nitrogen and oxygen atoms in total. The van der Waals surface area contributed by atoms with Gasteiger partial charge in [0.05, 0.1) is 17.1 Å². The van der Waals surface area contributed by atoms with Crippen LogP contribution in [0.5, 0.6) is 0 Å². The third-order valence-electron chi connectivity index (χ3n) is 11.2. The minimum absolute atomic E-state index is 1.01. The first-order valence-corrected chi connectivity index (χ1v) is 27.0. The van der Waals surface area contributed by atoms with Gasteiger partial charge in [-0.25, -0.2) is 0 Å². The van der Waals surface area contributed by atoms with Crippen molar-refractivity contribution in [1.82, 2.24) is 0 Å². The normalized spacial score (nSPS) is 21.9. The predicted octanol–water partition coefficient (Wildman–Crippen LogP) is 8.36. The Bertz CT molecular complexity index is 2400. The third kappa shape index (κ3) is 4.88. The highest BCUT2D eigenvalue weighted by Crippen LogP contribution is 2.65. The SMILES string of the molecule is CCCCc1cc2c3c(c1)P(=S)(c1ccccc1)c1cc(CCCC)cc4c1N3c1c(cc(C)cc1P4(=S)c1ccccc1)P2(=S)c1ccccc1. The summed E-state index contributed by atoms with van der Waals surface area (Å²) in [7, 11) is 0. The molecule has 3 aliphatic rings. The Morgan fingerprint density at radius 1 is 0.442 bits per heavy atom. The Labute approximate surface area is 324 Å². The lowest BCUT2D eigenvalue weighted by molar-refractivity contribution is 0.796. The van der Waals surface area contributed by atoms with Crippen LogP contribution in [-0.4, -0.2) is 0 Å². The smallest absolute Gasteiger partial charge is 0.0644 e. The Hall–Kier alpha value is -2.93. The Kier molecular flexibility index (Phi) is 8.79. The maximum absolute atomic E-state index is 7.38. The van der Waals surface area contributed by atoms with Crippen molar-refractivity contribution in [2.75, 3.05) is 4.90 Å². The first kappa shape index (κ1) is 34.8. The van der Waals surface area contributed by atoms with Gasteiger partial charge in [-0.2, -0.15) is 0 Å². The highest BCUT2D eigenvalue weighted by Gasteiger charge is 2.52. The van der Waals surface area contributed by atoms with E-state index in [0.717, 1.165) is 38.5 Å². The lowest BCUT2D eigenvalue weighted by atomic mass is 10.0. The molecule has 0 aromatic heterocycles. The summed E-state index contributed by atoms with van der Waals surface area (Å²) in [6.07, 6.45) is 6.57. The van der Waals surface area contributed by atoms with Crippen LogP contribution in [-0.2, 0) is 48.3 Å². The fraction of sp³-hybridized carbons (Fsp3) is 0.200. The van der Waals surface area contributed by atoms with Crippen molar-refractivity contribution in [2.24, 2.45) is 0 Å². The monoisotopic (exact) mass is 785 g/mol. The summed E-state index contributed by atoms with van der Waals surface area (Å²) in [6, 6.07) is 40.2. The number of hydrogen-bond acceptors (Lipinski definition) is 4. The molecule has 0 radical (unpaired) electrons. The van der Waals surface area contributed by atoms with E-state index in [0.29, 0.717) is 0 Å². The summed E-state index contributed by atoms with van der Waals surface area (Å²) in [5.74, 6) is 0. The van der Waals surface area contributed by atoms with Crippen molar-refractivity contribution in [1.29, 1.82) is 0 Å². The molecule has 260 valence electrons. The molecule has 0 saturated carbocycles. The quantitative estimate of drug-likeness (QED) is 0.135. The van der Waals surface area contributed by atoms with E-state index in [4.69, 9.17) is 35.4 Å². The molecule has 0 amide bonds. The summed E-state index contributed by atoms with van der Waals surface area (Å²) in [5, 5.41) is 11.5. The largest absolute Gasteiger partial charge is 0.306 e. The van der Waals surface area contributed by atoms with E-state index in [2.05, 4.69) is 153 Å². The maximum Gasteiger partial charge on any atom is 0.0644 e. The van der Waals surface area contributed by atoms with Gasteiger partial charge in [-0.05, 0) is 102 Å². The van der Waals surface area contributed by atoms with Crippen LogP contribution >= 0.6 is 18.1 Å². The van der Waals surface area contributed by atoms with Crippen molar-refractivity contribution >= 4 is 118 Å². The van der Waals surface area contributed by atoms with E-state index in [1.54, 1.807) is 0 Å². The molecule has 9 rings (SSSR count). The van der Waals surface area contributed by atoms with Crippen LogP contribution in [0.15, 0.2) is 127 Å². The molecule has 2 atom stereocenters. The highest BCUT2D eigenvalue weighted by atomic mass is 32.4. The van der Waals surface area contributed by atoms with Gasteiger partial charge in [0, 0.05) is 49.9 Å². The van der Waals surface area contributed by atoms with Crippen molar-refractivity contribution in [3.05, 3.63) is 144 Å². The first-order chi connectivity index (χ1) is 25.3. The molecule has 2 unspecified atom stereocenters. The van der Waals surface area contributed by atoms with E-state index in [9.17, 15) is 0 Å². The molecule has 0 aliphatic carbocycles. The zero-order valence-electron chi connectivity index (χ0n) is 29.9. The zero-order chi connectivity index (χ0) is 35.8. The number of hydrogen-bond donors (Lipinski definition) is 0. The van der Waals surface area contributed by atoms with Crippen LogP contribution < -0.4 is 52.6 Å². The van der Waals surface area contributed by atoms with Crippen LogP contribution in [0, 0.1) is 6.92 Å². The van der Waals surface area contributed by atoms with Crippen molar-refractivity contribution in [2.45, 2.75) is 59.3 Å². The molecular weight excluding hydrogens is 744 g/mol. The number of nitrogens with zero attached hydrogens (tertiary/aromatic N) is 1. The van der Waals surface area contributed by atoms with Crippen LogP contribution in [0.2, 0.25) is 0 Å². The molecule has 6 aromatic carbocycles.